The van der Waals surface area contributed by atoms with Crippen molar-refractivity contribution in [3.63, 3.8) is 0 Å². The fourth-order valence-electron chi connectivity index (χ4n) is 2.39. The average molecular weight is 225 g/mol. The van der Waals surface area contributed by atoms with Crippen molar-refractivity contribution in [1.29, 1.82) is 0 Å². The largest absolute Gasteiger partial charge is 0.392 e. The Morgan fingerprint density at radius 3 is 2.53 bits per heavy atom. The van der Waals surface area contributed by atoms with E-state index in [-0.39, 0.29) is 6.61 Å². The van der Waals surface area contributed by atoms with Crippen molar-refractivity contribution in [3.05, 3.63) is 59.7 Å². The maximum Gasteiger partial charge on any atom is 0.0681 e. The van der Waals surface area contributed by atoms with Gasteiger partial charge in [-0.1, -0.05) is 30.3 Å². The highest BCUT2D eigenvalue weighted by molar-refractivity contribution is 5.69. The van der Waals surface area contributed by atoms with Crippen LogP contribution in [-0.2, 0) is 13.0 Å². The van der Waals surface area contributed by atoms with Crippen LogP contribution >= 0.6 is 0 Å². The summed E-state index contributed by atoms with van der Waals surface area (Å²) in [5.74, 6) is 0. The van der Waals surface area contributed by atoms with Gasteiger partial charge in [0.05, 0.1) is 6.61 Å². The van der Waals surface area contributed by atoms with E-state index in [1.165, 1.54) is 16.9 Å². The zero-order valence-electron chi connectivity index (χ0n) is 9.63. The van der Waals surface area contributed by atoms with E-state index in [0.717, 1.165) is 18.5 Å². The topological polar surface area (TPSA) is 23.5 Å². The van der Waals surface area contributed by atoms with Crippen LogP contribution in [0.2, 0.25) is 0 Å². The molecule has 0 spiro atoms. The molecule has 0 aromatic heterocycles. The zero-order valence-corrected chi connectivity index (χ0v) is 9.63. The quantitative estimate of drug-likeness (QED) is 0.849. The molecule has 0 amide bonds. The Labute approximate surface area is 101 Å². The van der Waals surface area contributed by atoms with Gasteiger partial charge in [-0.25, -0.2) is 0 Å². The smallest absolute Gasteiger partial charge is 0.0681 e. The maximum atomic E-state index is 9.04. The average Bonchev–Trinajstić information content (AvgIpc) is 2.83. The first-order valence-electron chi connectivity index (χ1n) is 5.94. The third kappa shape index (κ3) is 1.81. The van der Waals surface area contributed by atoms with Gasteiger partial charge in [0.25, 0.3) is 0 Å². The summed E-state index contributed by atoms with van der Waals surface area (Å²) in [5, 5.41) is 9.04. The molecule has 2 aromatic carbocycles. The van der Waals surface area contributed by atoms with Crippen molar-refractivity contribution in [3.8, 4) is 0 Å². The molecule has 1 aliphatic rings. The Kier molecular flexibility index (Phi) is 2.57. The molecule has 1 aliphatic heterocycles. The number of aliphatic hydroxyl groups is 1. The summed E-state index contributed by atoms with van der Waals surface area (Å²) in [6, 6.07) is 16.7. The summed E-state index contributed by atoms with van der Waals surface area (Å²) in [7, 11) is 0. The molecule has 0 saturated carbocycles. The van der Waals surface area contributed by atoms with Gasteiger partial charge >= 0.3 is 0 Å². The van der Waals surface area contributed by atoms with E-state index in [4.69, 9.17) is 5.11 Å². The highest BCUT2D eigenvalue weighted by Crippen LogP contribution is 2.34. The molecule has 0 fully saturated rings. The van der Waals surface area contributed by atoms with E-state index in [1.807, 2.05) is 12.1 Å². The third-order valence-electron chi connectivity index (χ3n) is 3.32. The van der Waals surface area contributed by atoms with E-state index in [1.54, 1.807) is 0 Å². The van der Waals surface area contributed by atoms with Gasteiger partial charge in [0.15, 0.2) is 0 Å². The van der Waals surface area contributed by atoms with Gasteiger partial charge in [0.2, 0.25) is 0 Å². The Balaban J connectivity index is 1.95. The number of benzene rings is 2. The molecule has 2 heteroatoms. The first-order valence-corrected chi connectivity index (χ1v) is 5.94. The minimum atomic E-state index is 0.108. The van der Waals surface area contributed by atoms with Gasteiger partial charge < -0.3 is 10.0 Å². The minimum Gasteiger partial charge on any atom is -0.392 e. The zero-order chi connectivity index (χ0) is 11.7. The van der Waals surface area contributed by atoms with Crippen LogP contribution in [0.4, 0.5) is 11.4 Å². The number of aliphatic hydroxyl groups excluding tert-OH is 1. The van der Waals surface area contributed by atoms with Crippen LogP contribution in [0.1, 0.15) is 11.1 Å². The molecule has 0 radical (unpaired) electrons. The van der Waals surface area contributed by atoms with Crippen LogP contribution in [0.25, 0.3) is 0 Å². The maximum absolute atomic E-state index is 9.04. The SMILES string of the molecule is OCc1ccc(N2CCc3ccccc32)cc1. The van der Waals surface area contributed by atoms with Gasteiger partial charge in [-0.2, -0.15) is 0 Å². The molecule has 1 heterocycles. The van der Waals surface area contributed by atoms with Gasteiger partial charge in [-0.3, -0.25) is 0 Å². The molecule has 2 aromatic rings. The second-order valence-electron chi connectivity index (χ2n) is 4.35. The fourth-order valence-corrected chi connectivity index (χ4v) is 2.39. The molecule has 2 nitrogen and oxygen atoms in total. The summed E-state index contributed by atoms with van der Waals surface area (Å²) in [6.45, 7) is 1.15. The van der Waals surface area contributed by atoms with Crippen molar-refractivity contribution in [2.24, 2.45) is 0 Å². The Hall–Kier alpha value is -1.80. The van der Waals surface area contributed by atoms with Gasteiger partial charge in [-0.15, -0.1) is 0 Å². The molecule has 0 unspecified atom stereocenters. The van der Waals surface area contributed by atoms with Gasteiger partial charge in [0.1, 0.15) is 0 Å². The number of nitrogens with zero attached hydrogens (tertiary/aromatic N) is 1. The molecule has 17 heavy (non-hydrogen) atoms. The molecule has 0 saturated heterocycles. The molecular weight excluding hydrogens is 210 g/mol. The third-order valence-corrected chi connectivity index (χ3v) is 3.32. The summed E-state index contributed by atoms with van der Waals surface area (Å²) in [4.78, 5) is 2.33. The van der Waals surface area contributed by atoms with Crippen LogP contribution in [0.3, 0.4) is 0 Å². The van der Waals surface area contributed by atoms with Crippen molar-refractivity contribution >= 4 is 11.4 Å². The lowest BCUT2D eigenvalue weighted by atomic mass is 10.1. The predicted molar refractivity (Wildman–Crippen MR) is 69.5 cm³/mol. The number of hydrogen-bond acceptors (Lipinski definition) is 2. The second-order valence-corrected chi connectivity index (χ2v) is 4.35. The second kappa shape index (κ2) is 4.22. The van der Waals surface area contributed by atoms with Crippen LogP contribution < -0.4 is 4.90 Å². The van der Waals surface area contributed by atoms with Gasteiger partial charge in [0, 0.05) is 17.9 Å². The molecule has 0 aliphatic carbocycles. The Bertz CT molecular complexity index is 519. The monoisotopic (exact) mass is 225 g/mol. The lowest BCUT2D eigenvalue weighted by Gasteiger charge is -2.19. The molecule has 86 valence electrons. The molecule has 0 bridgehead atoms. The number of hydrogen-bond donors (Lipinski definition) is 1. The lowest BCUT2D eigenvalue weighted by molar-refractivity contribution is 0.282. The summed E-state index contributed by atoms with van der Waals surface area (Å²) < 4.78 is 0. The minimum absolute atomic E-state index is 0.108. The molecule has 3 rings (SSSR count). The van der Waals surface area contributed by atoms with Crippen LogP contribution in [0.15, 0.2) is 48.5 Å². The number of rotatable bonds is 2. The first kappa shape index (κ1) is 10.4. The lowest BCUT2D eigenvalue weighted by Crippen LogP contribution is -2.12. The number of para-hydroxylation sites is 1. The van der Waals surface area contributed by atoms with Crippen LogP contribution in [0.5, 0.6) is 0 Å². The van der Waals surface area contributed by atoms with Crippen LogP contribution in [0, 0.1) is 0 Å². The molecule has 0 atom stereocenters. The van der Waals surface area contributed by atoms with Crippen LogP contribution in [-0.4, -0.2) is 11.7 Å². The van der Waals surface area contributed by atoms with E-state index in [0.29, 0.717) is 0 Å². The Morgan fingerprint density at radius 2 is 1.76 bits per heavy atom. The van der Waals surface area contributed by atoms with Crippen molar-refractivity contribution in [2.75, 3.05) is 11.4 Å². The highest BCUT2D eigenvalue weighted by atomic mass is 16.3. The summed E-state index contributed by atoms with van der Waals surface area (Å²) in [5.41, 5.74) is 4.89. The van der Waals surface area contributed by atoms with Gasteiger partial charge in [-0.05, 0) is 35.7 Å². The molecule has 1 N–H and O–H groups in total. The summed E-state index contributed by atoms with van der Waals surface area (Å²) in [6.07, 6.45) is 1.11. The number of fused-ring (bicyclic) bond motifs is 1. The number of anilines is 2. The van der Waals surface area contributed by atoms with E-state index in [2.05, 4.69) is 41.3 Å². The van der Waals surface area contributed by atoms with E-state index < -0.39 is 0 Å². The highest BCUT2D eigenvalue weighted by Gasteiger charge is 2.19. The fraction of sp³-hybridized carbons (Fsp3) is 0.200. The first-order chi connectivity index (χ1) is 8.38. The normalized spacial score (nSPS) is 13.8. The standard InChI is InChI=1S/C15H15NO/c17-11-12-5-7-14(8-6-12)16-10-9-13-3-1-2-4-15(13)16/h1-8,17H,9-11H2. The van der Waals surface area contributed by atoms with E-state index in [9.17, 15) is 0 Å². The van der Waals surface area contributed by atoms with Crippen molar-refractivity contribution < 1.29 is 5.11 Å². The summed E-state index contributed by atoms with van der Waals surface area (Å²) >= 11 is 0. The molecular formula is C15H15NO. The predicted octanol–water partition coefficient (Wildman–Crippen LogP) is 2.87. The Morgan fingerprint density at radius 1 is 1.00 bits per heavy atom. The van der Waals surface area contributed by atoms with E-state index >= 15 is 0 Å². The van der Waals surface area contributed by atoms with Crippen molar-refractivity contribution in [2.45, 2.75) is 13.0 Å². The van der Waals surface area contributed by atoms with Crippen molar-refractivity contribution in [1.82, 2.24) is 0 Å².